The van der Waals surface area contributed by atoms with Crippen molar-refractivity contribution >= 4 is 33.1 Å². The summed E-state index contributed by atoms with van der Waals surface area (Å²) < 4.78 is 26.8. The van der Waals surface area contributed by atoms with Crippen LogP contribution in [0.2, 0.25) is 0 Å². The molecule has 0 aliphatic rings. The van der Waals surface area contributed by atoms with Crippen molar-refractivity contribution in [3.8, 4) is 0 Å². The molecule has 0 unspecified atom stereocenters. The summed E-state index contributed by atoms with van der Waals surface area (Å²) in [5.74, 6) is 0.848. The largest absolute Gasteiger partial charge is 0.249 e. The molecule has 2 aromatic rings. The monoisotopic (exact) mass is 299 g/mol. The number of nitrogens with one attached hydrogen (secondary N) is 1. The van der Waals surface area contributed by atoms with Crippen molar-refractivity contribution in [3.05, 3.63) is 48.0 Å². The molecule has 0 aliphatic carbocycles. The highest BCUT2D eigenvalue weighted by Crippen LogP contribution is 2.31. The van der Waals surface area contributed by atoms with E-state index in [9.17, 15) is 8.42 Å². The maximum atomic E-state index is 11.6. The second-order valence-electron chi connectivity index (χ2n) is 3.56. The summed E-state index contributed by atoms with van der Waals surface area (Å²) in [6.07, 6.45) is 0. The molecular formula is C12H13NO2S3. The van der Waals surface area contributed by atoms with Crippen LogP contribution in [-0.4, -0.2) is 15.5 Å². The van der Waals surface area contributed by atoms with E-state index in [1.165, 1.54) is 23.9 Å². The molecule has 0 spiro atoms. The summed E-state index contributed by atoms with van der Waals surface area (Å²) in [4.78, 5) is 0. The number of thiophene rings is 1. The molecule has 3 nitrogen and oxygen atoms in total. The zero-order valence-corrected chi connectivity index (χ0v) is 12.2. The van der Waals surface area contributed by atoms with Gasteiger partial charge in [-0.1, -0.05) is 30.3 Å². The molecular weight excluding hydrogens is 286 g/mol. The van der Waals surface area contributed by atoms with Gasteiger partial charge in [0.05, 0.1) is 4.21 Å². The highest BCUT2D eigenvalue weighted by molar-refractivity contribution is 8.01. The van der Waals surface area contributed by atoms with Crippen molar-refractivity contribution in [2.45, 2.75) is 14.2 Å². The number of hydrogen-bond donors (Lipinski definition) is 1. The average molecular weight is 299 g/mol. The zero-order chi connectivity index (χ0) is 13.0. The SMILES string of the molecule is CNS(=O)(=O)c1ccc(SCc2ccccc2)s1. The van der Waals surface area contributed by atoms with Gasteiger partial charge in [0.15, 0.2) is 0 Å². The molecule has 0 fully saturated rings. The van der Waals surface area contributed by atoms with E-state index in [4.69, 9.17) is 0 Å². The van der Waals surface area contributed by atoms with Crippen LogP contribution in [0.3, 0.4) is 0 Å². The topological polar surface area (TPSA) is 46.2 Å². The normalized spacial score (nSPS) is 11.6. The van der Waals surface area contributed by atoms with Crippen LogP contribution in [0.5, 0.6) is 0 Å². The van der Waals surface area contributed by atoms with Gasteiger partial charge in [0, 0.05) is 5.75 Å². The molecule has 0 radical (unpaired) electrons. The van der Waals surface area contributed by atoms with E-state index in [0.29, 0.717) is 4.21 Å². The summed E-state index contributed by atoms with van der Waals surface area (Å²) >= 11 is 2.94. The van der Waals surface area contributed by atoms with Gasteiger partial charge < -0.3 is 0 Å². The maximum absolute atomic E-state index is 11.6. The summed E-state index contributed by atoms with van der Waals surface area (Å²) in [5, 5.41) is 0. The first-order valence-electron chi connectivity index (χ1n) is 5.32. The molecule has 0 aliphatic heterocycles. The van der Waals surface area contributed by atoms with Crippen LogP contribution in [0.4, 0.5) is 0 Å². The lowest BCUT2D eigenvalue weighted by atomic mass is 10.2. The van der Waals surface area contributed by atoms with Gasteiger partial charge >= 0.3 is 0 Å². The van der Waals surface area contributed by atoms with E-state index in [-0.39, 0.29) is 0 Å². The fourth-order valence-corrected chi connectivity index (χ4v) is 4.74. The van der Waals surface area contributed by atoms with Gasteiger partial charge in [-0.25, -0.2) is 13.1 Å². The first-order chi connectivity index (χ1) is 8.62. The number of rotatable bonds is 5. The second-order valence-corrected chi connectivity index (χ2v) is 8.03. The molecule has 2 rings (SSSR count). The Hall–Kier alpha value is -0.820. The van der Waals surface area contributed by atoms with Gasteiger partial charge in [0.1, 0.15) is 4.21 Å². The average Bonchev–Trinajstić information content (AvgIpc) is 2.87. The van der Waals surface area contributed by atoms with Gasteiger partial charge in [-0.05, 0) is 24.7 Å². The standard InChI is InChI=1S/C12H13NO2S3/c1-13-18(14,15)12-8-7-11(17-12)16-9-10-5-3-2-4-6-10/h2-8,13H,9H2,1H3. The molecule has 1 N–H and O–H groups in total. The van der Waals surface area contributed by atoms with Crippen LogP contribution in [-0.2, 0) is 15.8 Å². The Morgan fingerprint density at radius 2 is 1.89 bits per heavy atom. The molecule has 0 amide bonds. The van der Waals surface area contributed by atoms with Crippen molar-refractivity contribution in [3.63, 3.8) is 0 Å². The predicted octanol–water partition coefficient (Wildman–Crippen LogP) is 2.95. The Morgan fingerprint density at radius 3 is 2.56 bits per heavy atom. The molecule has 1 aromatic heterocycles. The van der Waals surface area contributed by atoms with Crippen molar-refractivity contribution in [2.24, 2.45) is 0 Å². The van der Waals surface area contributed by atoms with E-state index in [1.54, 1.807) is 17.8 Å². The smallest absolute Gasteiger partial charge is 0.214 e. The Balaban J connectivity index is 2.04. The summed E-state index contributed by atoms with van der Waals surface area (Å²) in [6.45, 7) is 0. The van der Waals surface area contributed by atoms with Gasteiger partial charge in [-0.2, -0.15) is 0 Å². The lowest BCUT2D eigenvalue weighted by molar-refractivity contribution is 0.590. The molecule has 18 heavy (non-hydrogen) atoms. The summed E-state index contributed by atoms with van der Waals surface area (Å²) in [7, 11) is -1.88. The molecule has 0 saturated heterocycles. The van der Waals surface area contributed by atoms with Crippen molar-refractivity contribution in [2.75, 3.05) is 7.05 Å². The van der Waals surface area contributed by atoms with Crippen molar-refractivity contribution in [1.29, 1.82) is 0 Å². The van der Waals surface area contributed by atoms with Crippen molar-refractivity contribution < 1.29 is 8.42 Å². The molecule has 0 bridgehead atoms. The Kier molecular flexibility index (Phi) is 4.45. The molecule has 0 saturated carbocycles. The van der Waals surface area contributed by atoms with Gasteiger partial charge in [-0.15, -0.1) is 23.1 Å². The molecule has 1 aromatic carbocycles. The van der Waals surface area contributed by atoms with Gasteiger partial charge in [0.25, 0.3) is 0 Å². The fourth-order valence-electron chi connectivity index (χ4n) is 1.35. The lowest BCUT2D eigenvalue weighted by Gasteiger charge is -1.99. The van der Waals surface area contributed by atoms with Crippen LogP contribution in [0.25, 0.3) is 0 Å². The van der Waals surface area contributed by atoms with Crippen molar-refractivity contribution in [1.82, 2.24) is 4.72 Å². The Morgan fingerprint density at radius 1 is 1.17 bits per heavy atom. The Labute approximate surface area is 115 Å². The van der Waals surface area contributed by atoms with Gasteiger partial charge in [-0.3, -0.25) is 0 Å². The minimum atomic E-state index is -3.31. The third-order valence-corrected chi connectivity index (χ3v) is 6.60. The van der Waals surface area contributed by atoms with Crippen LogP contribution in [0, 0.1) is 0 Å². The quantitative estimate of drug-likeness (QED) is 0.863. The first kappa shape index (κ1) is 13.6. The van der Waals surface area contributed by atoms with Gasteiger partial charge in [0.2, 0.25) is 10.0 Å². The highest BCUT2D eigenvalue weighted by atomic mass is 32.3. The van der Waals surface area contributed by atoms with Crippen LogP contribution in [0.15, 0.2) is 50.9 Å². The minimum Gasteiger partial charge on any atom is -0.214 e. The van der Waals surface area contributed by atoms with Crippen LogP contribution in [0.1, 0.15) is 5.56 Å². The fraction of sp³-hybridized carbons (Fsp3) is 0.167. The zero-order valence-electron chi connectivity index (χ0n) is 9.79. The second kappa shape index (κ2) is 5.88. The predicted molar refractivity (Wildman–Crippen MR) is 76.6 cm³/mol. The molecule has 6 heteroatoms. The van der Waals surface area contributed by atoms with E-state index in [2.05, 4.69) is 16.9 Å². The van der Waals surface area contributed by atoms with Crippen LogP contribution >= 0.6 is 23.1 Å². The summed E-state index contributed by atoms with van der Waals surface area (Å²) in [5.41, 5.74) is 1.23. The van der Waals surface area contributed by atoms with E-state index < -0.39 is 10.0 Å². The number of benzene rings is 1. The number of hydrogen-bond acceptors (Lipinski definition) is 4. The minimum absolute atomic E-state index is 0.362. The van der Waals surface area contributed by atoms with E-state index in [0.717, 1.165) is 9.96 Å². The summed E-state index contributed by atoms with van der Waals surface area (Å²) in [6, 6.07) is 13.6. The van der Waals surface area contributed by atoms with Crippen LogP contribution < -0.4 is 4.72 Å². The van der Waals surface area contributed by atoms with E-state index in [1.807, 2.05) is 24.3 Å². The Bertz CT molecular complexity index is 605. The third kappa shape index (κ3) is 3.35. The highest BCUT2D eigenvalue weighted by Gasteiger charge is 2.14. The first-order valence-corrected chi connectivity index (χ1v) is 8.60. The molecule has 0 atom stereocenters. The van der Waals surface area contributed by atoms with E-state index >= 15 is 0 Å². The number of sulfonamides is 1. The molecule has 96 valence electrons. The maximum Gasteiger partial charge on any atom is 0.249 e. The lowest BCUT2D eigenvalue weighted by Crippen LogP contribution is -2.17. The number of thioether (sulfide) groups is 1. The third-order valence-electron chi connectivity index (χ3n) is 2.31. The molecule has 1 heterocycles.